The zero-order valence-electron chi connectivity index (χ0n) is 18.1. The van der Waals surface area contributed by atoms with E-state index in [4.69, 9.17) is 16.6 Å². The summed E-state index contributed by atoms with van der Waals surface area (Å²) in [6, 6.07) is -3.18. The molecule has 178 valence electrons. The average molecular weight is 446 g/mol. The maximum absolute atomic E-state index is 12.4. The van der Waals surface area contributed by atoms with Crippen LogP contribution in [0.5, 0.6) is 0 Å². The molecule has 3 amide bonds. The molecule has 0 saturated heterocycles. The van der Waals surface area contributed by atoms with Crippen molar-refractivity contribution in [3.63, 3.8) is 0 Å². The van der Waals surface area contributed by atoms with Crippen molar-refractivity contribution < 1.29 is 34.2 Å². The highest BCUT2D eigenvalue weighted by molar-refractivity contribution is 5.92. The summed E-state index contributed by atoms with van der Waals surface area (Å²) < 4.78 is 0. The highest BCUT2D eigenvalue weighted by atomic mass is 16.4. The molecule has 0 aliphatic carbocycles. The lowest BCUT2D eigenvalue weighted by molar-refractivity contribution is -0.142. The molecule has 0 heterocycles. The lowest BCUT2D eigenvalue weighted by atomic mass is 10.0. The first-order valence-corrected chi connectivity index (χ1v) is 10.3. The predicted molar refractivity (Wildman–Crippen MR) is 112 cm³/mol. The summed E-state index contributed by atoms with van der Waals surface area (Å²) in [4.78, 5) is 58.7. The van der Waals surface area contributed by atoms with Crippen molar-refractivity contribution in [3.05, 3.63) is 0 Å². The number of hydrogen-bond donors (Lipinski definition) is 7. The van der Waals surface area contributed by atoms with Gasteiger partial charge in [0.1, 0.15) is 12.1 Å². The fraction of sp³-hybridized carbons (Fsp3) is 0.737. The molecule has 0 aliphatic heterocycles. The van der Waals surface area contributed by atoms with Gasteiger partial charge in [-0.2, -0.15) is 0 Å². The van der Waals surface area contributed by atoms with Gasteiger partial charge in [-0.1, -0.05) is 13.8 Å². The Kier molecular flexibility index (Phi) is 13.8. The third-order valence-corrected chi connectivity index (χ3v) is 4.35. The molecule has 0 spiro atoms. The Hall–Kier alpha value is -2.73. The predicted octanol–water partition coefficient (Wildman–Crippen LogP) is -1.48. The van der Waals surface area contributed by atoms with Crippen molar-refractivity contribution in [3.8, 4) is 0 Å². The monoisotopic (exact) mass is 445 g/mol. The Morgan fingerprint density at radius 1 is 0.903 bits per heavy atom. The van der Waals surface area contributed by atoms with Gasteiger partial charge in [-0.05, 0) is 44.6 Å². The molecule has 12 heteroatoms. The lowest BCUT2D eigenvalue weighted by Gasteiger charge is -2.21. The minimum atomic E-state index is -1.21. The van der Waals surface area contributed by atoms with Gasteiger partial charge < -0.3 is 37.6 Å². The van der Waals surface area contributed by atoms with Gasteiger partial charge >= 0.3 is 11.9 Å². The molecule has 0 radical (unpaired) electrons. The van der Waals surface area contributed by atoms with Crippen molar-refractivity contribution in [2.24, 2.45) is 17.4 Å². The number of nitrogens with two attached hydrogens (primary N) is 2. The van der Waals surface area contributed by atoms with Crippen LogP contribution in [0.4, 0.5) is 0 Å². The molecule has 3 unspecified atom stereocenters. The number of carboxylic acid groups (broad SMARTS) is 2. The standard InChI is InChI=1S/C19H35N5O7/c1-11(2)9-12(21)17(28)24-13(6-7-16(26)27)18(29)22-10-15(25)23-14(19(30)31)5-3-4-8-20/h11-14H,3-10,20-21H2,1-2H3,(H,22,29)(H,23,25)(H,24,28)(H,26,27)(H,30,31). The van der Waals surface area contributed by atoms with Gasteiger partial charge in [0.2, 0.25) is 17.7 Å². The lowest BCUT2D eigenvalue weighted by Crippen LogP contribution is -2.53. The van der Waals surface area contributed by atoms with E-state index in [9.17, 15) is 29.1 Å². The summed E-state index contributed by atoms with van der Waals surface area (Å²) >= 11 is 0. The van der Waals surface area contributed by atoms with Crippen LogP contribution in [-0.4, -0.2) is 71.1 Å². The smallest absolute Gasteiger partial charge is 0.326 e. The number of rotatable bonds is 16. The maximum atomic E-state index is 12.4. The van der Waals surface area contributed by atoms with E-state index >= 15 is 0 Å². The Balaban J connectivity index is 4.85. The minimum absolute atomic E-state index is 0.141. The molecular formula is C19H35N5O7. The molecule has 0 bridgehead atoms. The van der Waals surface area contributed by atoms with Crippen LogP contribution in [0.3, 0.4) is 0 Å². The van der Waals surface area contributed by atoms with Crippen LogP contribution in [0.2, 0.25) is 0 Å². The van der Waals surface area contributed by atoms with Crippen LogP contribution < -0.4 is 27.4 Å². The molecule has 0 aromatic rings. The van der Waals surface area contributed by atoms with Gasteiger partial charge in [0.15, 0.2) is 0 Å². The number of hydrogen-bond acceptors (Lipinski definition) is 7. The Bertz CT molecular complexity index is 627. The molecule has 3 atom stereocenters. The number of amides is 3. The molecule has 9 N–H and O–H groups in total. The van der Waals surface area contributed by atoms with E-state index < -0.39 is 54.3 Å². The van der Waals surface area contributed by atoms with E-state index in [1.54, 1.807) is 0 Å². The van der Waals surface area contributed by atoms with Crippen LogP contribution >= 0.6 is 0 Å². The van der Waals surface area contributed by atoms with E-state index in [-0.39, 0.29) is 25.2 Å². The van der Waals surface area contributed by atoms with Crippen molar-refractivity contribution in [1.82, 2.24) is 16.0 Å². The summed E-state index contributed by atoms with van der Waals surface area (Å²) in [5, 5.41) is 25.1. The summed E-state index contributed by atoms with van der Waals surface area (Å²) in [6.07, 6.45) is 1.12. The largest absolute Gasteiger partial charge is 0.481 e. The quantitative estimate of drug-likeness (QED) is 0.138. The highest BCUT2D eigenvalue weighted by Gasteiger charge is 2.26. The number of carboxylic acids is 2. The normalized spacial score (nSPS) is 13.7. The zero-order chi connectivity index (χ0) is 24.0. The summed E-state index contributed by atoms with van der Waals surface area (Å²) in [5.41, 5.74) is 11.2. The average Bonchev–Trinajstić information content (AvgIpc) is 2.67. The van der Waals surface area contributed by atoms with E-state index in [2.05, 4.69) is 16.0 Å². The van der Waals surface area contributed by atoms with Crippen LogP contribution in [0, 0.1) is 5.92 Å². The second kappa shape index (κ2) is 15.1. The van der Waals surface area contributed by atoms with Crippen molar-refractivity contribution in [2.45, 2.75) is 70.5 Å². The Labute approximate surface area is 181 Å². The first-order chi connectivity index (χ1) is 14.5. The van der Waals surface area contributed by atoms with E-state index in [0.29, 0.717) is 25.8 Å². The van der Waals surface area contributed by atoms with Crippen LogP contribution in [-0.2, 0) is 24.0 Å². The topological polar surface area (TPSA) is 214 Å². The highest BCUT2D eigenvalue weighted by Crippen LogP contribution is 2.05. The molecule has 0 aromatic heterocycles. The molecular weight excluding hydrogens is 410 g/mol. The second-order valence-electron chi connectivity index (χ2n) is 7.69. The van der Waals surface area contributed by atoms with Crippen molar-refractivity contribution in [2.75, 3.05) is 13.1 Å². The van der Waals surface area contributed by atoms with E-state index in [1.807, 2.05) is 13.8 Å². The number of aliphatic carboxylic acids is 2. The SMILES string of the molecule is CC(C)CC(N)C(=O)NC(CCC(=O)O)C(=O)NCC(=O)NC(CCCCN)C(=O)O. The molecule has 31 heavy (non-hydrogen) atoms. The maximum Gasteiger partial charge on any atom is 0.326 e. The Morgan fingerprint density at radius 3 is 2.06 bits per heavy atom. The number of nitrogens with one attached hydrogen (secondary N) is 3. The summed E-state index contributed by atoms with van der Waals surface area (Å²) in [5.74, 6) is -4.32. The number of carbonyl (C=O) groups excluding carboxylic acids is 3. The second-order valence-corrected chi connectivity index (χ2v) is 7.69. The first-order valence-electron chi connectivity index (χ1n) is 10.3. The number of carbonyl (C=O) groups is 5. The van der Waals surface area contributed by atoms with E-state index in [0.717, 1.165) is 0 Å². The molecule has 0 aliphatic rings. The molecule has 0 aromatic carbocycles. The van der Waals surface area contributed by atoms with Gasteiger partial charge in [0, 0.05) is 6.42 Å². The molecule has 0 saturated carbocycles. The first kappa shape index (κ1) is 28.3. The van der Waals surface area contributed by atoms with Crippen LogP contribution in [0.1, 0.15) is 52.4 Å². The molecule has 12 nitrogen and oxygen atoms in total. The third kappa shape index (κ3) is 13.2. The molecule has 0 fully saturated rings. The van der Waals surface area contributed by atoms with Gasteiger partial charge in [-0.15, -0.1) is 0 Å². The number of unbranched alkanes of at least 4 members (excludes halogenated alkanes) is 1. The summed E-state index contributed by atoms with van der Waals surface area (Å²) in [6.45, 7) is 3.62. The Morgan fingerprint density at radius 2 is 1.55 bits per heavy atom. The minimum Gasteiger partial charge on any atom is -0.481 e. The van der Waals surface area contributed by atoms with Gasteiger partial charge in [0.05, 0.1) is 12.6 Å². The molecule has 0 rings (SSSR count). The van der Waals surface area contributed by atoms with Crippen LogP contribution in [0.15, 0.2) is 0 Å². The fourth-order valence-electron chi connectivity index (χ4n) is 2.72. The van der Waals surface area contributed by atoms with Gasteiger partial charge in [-0.25, -0.2) is 4.79 Å². The summed E-state index contributed by atoms with van der Waals surface area (Å²) in [7, 11) is 0. The fourth-order valence-corrected chi connectivity index (χ4v) is 2.72. The van der Waals surface area contributed by atoms with Crippen molar-refractivity contribution in [1.29, 1.82) is 0 Å². The van der Waals surface area contributed by atoms with Gasteiger partial charge in [-0.3, -0.25) is 19.2 Å². The zero-order valence-corrected chi connectivity index (χ0v) is 18.1. The van der Waals surface area contributed by atoms with Crippen LogP contribution in [0.25, 0.3) is 0 Å². The third-order valence-electron chi connectivity index (χ3n) is 4.35. The van der Waals surface area contributed by atoms with E-state index in [1.165, 1.54) is 0 Å². The van der Waals surface area contributed by atoms with Gasteiger partial charge in [0.25, 0.3) is 0 Å². The van der Waals surface area contributed by atoms with Crippen molar-refractivity contribution >= 4 is 29.7 Å².